The summed E-state index contributed by atoms with van der Waals surface area (Å²) in [5, 5.41) is 0. The molecular weight excluding hydrogens is 164 g/mol. The number of rotatable bonds is 1. The molecule has 1 saturated heterocycles. The monoisotopic (exact) mass is 178 g/mol. The standard InChI is InChI=1S/C10H14N2O/c1-7-2-4-12-10(11)9(7)8-3-5-13-6-8/h2,4,8H,3,5-6H2,1H3,(H2,11,12). The molecule has 1 aliphatic heterocycles. The fourth-order valence-corrected chi connectivity index (χ4v) is 1.88. The molecule has 3 nitrogen and oxygen atoms in total. The van der Waals surface area contributed by atoms with E-state index in [9.17, 15) is 0 Å². The van der Waals surface area contributed by atoms with Gasteiger partial charge in [-0.2, -0.15) is 0 Å². The van der Waals surface area contributed by atoms with Gasteiger partial charge in [0.15, 0.2) is 0 Å². The number of anilines is 1. The van der Waals surface area contributed by atoms with Crippen molar-refractivity contribution in [2.24, 2.45) is 0 Å². The molecular formula is C10H14N2O. The molecule has 0 bridgehead atoms. The predicted molar refractivity (Wildman–Crippen MR) is 51.6 cm³/mol. The molecule has 1 aliphatic rings. The Balaban J connectivity index is 2.37. The van der Waals surface area contributed by atoms with Crippen LogP contribution in [0.3, 0.4) is 0 Å². The van der Waals surface area contributed by atoms with Gasteiger partial charge in [-0.05, 0) is 25.0 Å². The third-order valence-corrected chi connectivity index (χ3v) is 2.58. The summed E-state index contributed by atoms with van der Waals surface area (Å²) >= 11 is 0. The van der Waals surface area contributed by atoms with E-state index in [1.165, 1.54) is 11.1 Å². The molecule has 0 aliphatic carbocycles. The number of hydrogen-bond acceptors (Lipinski definition) is 3. The summed E-state index contributed by atoms with van der Waals surface area (Å²) in [6.45, 7) is 3.71. The van der Waals surface area contributed by atoms with Crippen LogP contribution in [0.15, 0.2) is 12.3 Å². The van der Waals surface area contributed by atoms with Crippen molar-refractivity contribution >= 4 is 5.82 Å². The van der Waals surface area contributed by atoms with Crippen molar-refractivity contribution in [3.8, 4) is 0 Å². The summed E-state index contributed by atoms with van der Waals surface area (Å²) < 4.78 is 5.34. The van der Waals surface area contributed by atoms with Gasteiger partial charge in [-0.1, -0.05) is 0 Å². The number of aryl methyl sites for hydroxylation is 1. The fraction of sp³-hybridized carbons (Fsp3) is 0.500. The van der Waals surface area contributed by atoms with Gasteiger partial charge < -0.3 is 10.5 Å². The van der Waals surface area contributed by atoms with Gasteiger partial charge in [0, 0.05) is 24.3 Å². The number of hydrogen-bond donors (Lipinski definition) is 1. The Labute approximate surface area is 77.9 Å². The first-order valence-corrected chi connectivity index (χ1v) is 4.58. The maximum Gasteiger partial charge on any atom is 0.127 e. The first kappa shape index (κ1) is 8.51. The van der Waals surface area contributed by atoms with Crippen LogP contribution in [-0.4, -0.2) is 18.2 Å². The van der Waals surface area contributed by atoms with E-state index in [1.807, 2.05) is 6.07 Å². The van der Waals surface area contributed by atoms with Gasteiger partial charge in [-0.3, -0.25) is 0 Å². The Kier molecular flexibility index (Phi) is 2.19. The maximum atomic E-state index is 5.83. The first-order valence-electron chi connectivity index (χ1n) is 4.58. The smallest absolute Gasteiger partial charge is 0.127 e. The Morgan fingerprint density at radius 2 is 2.46 bits per heavy atom. The lowest BCUT2D eigenvalue weighted by atomic mass is 9.95. The summed E-state index contributed by atoms with van der Waals surface area (Å²) in [5.74, 6) is 1.12. The number of aromatic nitrogens is 1. The highest BCUT2D eigenvalue weighted by Crippen LogP contribution is 2.30. The zero-order valence-electron chi connectivity index (χ0n) is 7.79. The van der Waals surface area contributed by atoms with Gasteiger partial charge >= 0.3 is 0 Å². The van der Waals surface area contributed by atoms with Gasteiger partial charge in [0.2, 0.25) is 0 Å². The summed E-state index contributed by atoms with van der Waals surface area (Å²) in [5.41, 5.74) is 8.24. The van der Waals surface area contributed by atoms with Gasteiger partial charge in [0.25, 0.3) is 0 Å². The van der Waals surface area contributed by atoms with E-state index in [4.69, 9.17) is 10.5 Å². The van der Waals surface area contributed by atoms with Crippen LogP contribution in [0.25, 0.3) is 0 Å². The van der Waals surface area contributed by atoms with Crippen molar-refractivity contribution in [2.75, 3.05) is 18.9 Å². The highest BCUT2D eigenvalue weighted by molar-refractivity contribution is 5.46. The van der Waals surface area contributed by atoms with Crippen molar-refractivity contribution in [1.82, 2.24) is 4.98 Å². The van der Waals surface area contributed by atoms with E-state index >= 15 is 0 Å². The van der Waals surface area contributed by atoms with Crippen molar-refractivity contribution in [2.45, 2.75) is 19.3 Å². The highest BCUT2D eigenvalue weighted by atomic mass is 16.5. The zero-order chi connectivity index (χ0) is 9.26. The zero-order valence-corrected chi connectivity index (χ0v) is 7.79. The molecule has 3 heteroatoms. The van der Waals surface area contributed by atoms with Gasteiger partial charge in [0.05, 0.1) is 6.61 Å². The Morgan fingerprint density at radius 3 is 3.08 bits per heavy atom. The molecule has 2 heterocycles. The van der Waals surface area contributed by atoms with E-state index < -0.39 is 0 Å². The molecule has 2 rings (SSSR count). The van der Waals surface area contributed by atoms with Crippen LogP contribution in [0.5, 0.6) is 0 Å². The van der Waals surface area contributed by atoms with E-state index in [0.717, 1.165) is 19.6 Å². The summed E-state index contributed by atoms with van der Waals surface area (Å²) in [7, 11) is 0. The van der Waals surface area contributed by atoms with E-state index in [1.54, 1.807) is 6.20 Å². The lowest BCUT2D eigenvalue weighted by Gasteiger charge is -2.13. The average molecular weight is 178 g/mol. The molecule has 1 fully saturated rings. The van der Waals surface area contributed by atoms with Crippen LogP contribution in [0.2, 0.25) is 0 Å². The molecule has 2 N–H and O–H groups in total. The third-order valence-electron chi connectivity index (χ3n) is 2.58. The quantitative estimate of drug-likeness (QED) is 0.708. The SMILES string of the molecule is Cc1ccnc(N)c1C1CCOC1. The molecule has 0 amide bonds. The highest BCUT2D eigenvalue weighted by Gasteiger charge is 2.21. The van der Waals surface area contributed by atoms with Crippen LogP contribution in [0.4, 0.5) is 5.82 Å². The second-order valence-electron chi connectivity index (χ2n) is 3.49. The number of nitrogen functional groups attached to an aromatic ring is 1. The topological polar surface area (TPSA) is 48.1 Å². The summed E-state index contributed by atoms with van der Waals surface area (Å²) in [6, 6.07) is 2.00. The van der Waals surface area contributed by atoms with Crippen LogP contribution >= 0.6 is 0 Å². The van der Waals surface area contributed by atoms with Crippen LogP contribution in [-0.2, 0) is 4.74 Å². The Bertz CT molecular complexity index is 286. The summed E-state index contributed by atoms with van der Waals surface area (Å²) in [6.07, 6.45) is 2.82. The van der Waals surface area contributed by atoms with Crippen LogP contribution in [0, 0.1) is 6.92 Å². The number of nitrogens with two attached hydrogens (primary N) is 1. The fourth-order valence-electron chi connectivity index (χ4n) is 1.88. The predicted octanol–water partition coefficient (Wildman–Crippen LogP) is 1.48. The van der Waals surface area contributed by atoms with Gasteiger partial charge in [0.1, 0.15) is 5.82 Å². The van der Waals surface area contributed by atoms with E-state index in [2.05, 4.69) is 11.9 Å². The normalized spacial score (nSPS) is 22.1. The largest absolute Gasteiger partial charge is 0.383 e. The minimum absolute atomic E-state index is 0.452. The van der Waals surface area contributed by atoms with E-state index in [0.29, 0.717) is 11.7 Å². The lowest BCUT2D eigenvalue weighted by molar-refractivity contribution is 0.194. The Hall–Kier alpha value is -1.09. The Morgan fingerprint density at radius 1 is 1.62 bits per heavy atom. The molecule has 1 aromatic rings. The maximum absolute atomic E-state index is 5.83. The molecule has 0 aromatic carbocycles. The number of nitrogens with zero attached hydrogens (tertiary/aromatic N) is 1. The first-order chi connectivity index (χ1) is 6.29. The molecule has 1 atom stereocenters. The second kappa shape index (κ2) is 3.34. The van der Waals surface area contributed by atoms with Crippen molar-refractivity contribution in [3.05, 3.63) is 23.4 Å². The number of ether oxygens (including phenoxy) is 1. The van der Waals surface area contributed by atoms with Crippen molar-refractivity contribution in [3.63, 3.8) is 0 Å². The minimum Gasteiger partial charge on any atom is -0.383 e. The van der Waals surface area contributed by atoms with Gasteiger partial charge in [-0.25, -0.2) is 4.98 Å². The van der Waals surface area contributed by atoms with Crippen molar-refractivity contribution in [1.29, 1.82) is 0 Å². The third kappa shape index (κ3) is 1.52. The minimum atomic E-state index is 0.452. The van der Waals surface area contributed by atoms with Crippen LogP contribution in [0.1, 0.15) is 23.5 Å². The summed E-state index contributed by atoms with van der Waals surface area (Å²) in [4.78, 5) is 4.11. The average Bonchev–Trinajstić information content (AvgIpc) is 2.57. The lowest BCUT2D eigenvalue weighted by Crippen LogP contribution is -2.06. The second-order valence-corrected chi connectivity index (χ2v) is 3.49. The molecule has 0 radical (unpaired) electrons. The van der Waals surface area contributed by atoms with E-state index in [-0.39, 0.29) is 0 Å². The molecule has 13 heavy (non-hydrogen) atoms. The van der Waals surface area contributed by atoms with Crippen LogP contribution < -0.4 is 5.73 Å². The molecule has 1 aromatic heterocycles. The molecule has 0 spiro atoms. The van der Waals surface area contributed by atoms with Gasteiger partial charge in [-0.15, -0.1) is 0 Å². The molecule has 1 unspecified atom stereocenters. The molecule has 70 valence electrons. The molecule has 0 saturated carbocycles. The van der Waals surface area contributed by atoms with Crippen molar-refractivity contribution < 1.29 is 4.74 Å². The number of pyridine rings is 1.